The lowest BCUT2D eigenvalue weighted by atomic mass is 10.0. The van der Waals surface area contributed by atoms with Crippen LogP contribution in [0.3, 0.4) is 0 Å². The van der Waals surface area contributed by atoms with E-state index in [0.29, 0.717) is 33.7 Å². The average molecular weight is 408 g/mol. The van der Waals surface area contributed by atoms with Crippen LogP contribution >= 0.6 is 11.6 Å². The highest BCUT2D eigenvalue weighted by atomic mass is 35.5. The fourth-order valence-electron chi connectivity index (χ4n) is 3.22. The Bertz CT molecular complexity index is 1240. The largest absolute Gasteiger partial charge is 0.497 e. The number of aryl methyl sites for hydroxylation is 2. The summed E-state index contributed by atoms with van der Waals surface area (Å²) in [5.41, 5.74) is 3.70. The number of benzene rings is 1. The van der Waals surface area contributed by atoms with Gasteiger partial charge >= 0.3 is 0 Å². The minimum Gasteiger partial charge on any atom is -0.497 e. The van der Waals surface area contributed by atoms with E-state index in [4.69, 9.17) is 21.3 Å². The maximum atomic E-state index is 13.2. The van der Waals surface area contributed by atoms with Gasteiger partial charge in [0, 0.05) is 18.8 Å². The van der Waals surface area contributed by atoms with Gasteiger partial charge in [0.2, 0.25) is 0 Å². The van der Waals surface area contributed by atoms with Crippen molar-refractivity contribution >= 4 is 34.2 Å². The summed E-state index contributed by atoms with van der Waals surface area (Å²) in [6.45, 7) is 1.85. The van der Waals surface area contributed by atoms with E-state index in [1.54, 1.807) is 43.2 Å². The summed E-state index contributed by atoms with van der Waals surface area (Å²) in [7, 11) is 3.41. The zero-order valence-corrected chi connectivity index (χ0v) is 16.9. The molecule has 0 radical (unpaired) electrons. The normalized spacial score (nSPS) is 10.9. The second-order valence-electron chi connectivity index (χ2n) is 6.49. The quantitative estimate of drug-likeness (QED) is 0.511. The van der Waals surface area contributed by atoms with Gasteiger partial charge in [-0.1, -0.05) is 23.7 Å². The smallest absolute Gasteiger partial charge is 0.256 e. The van der Waals surface area contributed by atoms with Gasteiger partial charge < -0.3 is 10.1 Å². The number of ether oxygens (including phenoxy) is 1. The molecular weight excluding hydrogens is 390 g/mol. The first kappa shape index (κ1) is 18.9. The van der Waals surface area contributed by atoms with E-state index < -0.39 is 0 Å². The maximum absolute atomic E-state index is 13.2. The summed E-state index contributed by atoms with van der Waals surface area (Å²) in [5.74, 6) is 0.395. The molecule has 0 atom stereocenters. The summed E-state index contributed by atoms with van der Waals surface area (Å²) in [6.07, 6.45) is 1.56. The lowest BCUT2D eigenvalue weighted by Gasteiger charge is -2.10. The number of hydrogen-bond acceptors (Lipinski definition) is 5. The van der Waals surface area contributed by atoms with Crippen molar-refractivity contribution in [1.82, 2.24) is 19.7 Å². The van der Waals surface area contributed by atoms with Crippen LogP contribution in [-0.4, -0.2) is 32.8 Å². The molecule has 3 heterocycles. The number of rotatable bonds is 4. The van der Waals surface area contributed by atoms with Crippen LogP contribution in [0.1, 0.15) is 16.1 Å². The van der Waals surface area contributed by atoms with Gasteiger partial charge in [0.25, 0.3) is 5.91 Å². The third-order valence-electron chi connectivity index (χ3n) is 4.59. The summed E-state index contributed by atoms with van der Waals surface area (Å²) in [6, 6.07) is 12.7. The molecule has 0 aliphatic carbocycles. The molecule has 146 valence electrons. The van der Waals surface area contributed by atoms with E-state index in [-0.39, 0.29) is 11.1 Å². The zero-order valence-electron chi connectivity index (χ0n) is 16.1. The summed E-state index contributed by atoms with van der Waals surface area (Å²) >= 11 is 6.10. The Labute approximate surface area is 172 Å². The number of nitrogens with zero attached hydrogens (tertiary/aromatic N) is 4. The number of amides is 1. The van der Waals surface area contributed by atoms with Crippen LogP contribution in [0.15, 0.2) is 48.7 Å². The Morgan fingerprint density at radius 2 is 2.03 bits per heavy atom. The fourth-order valence-corrected chi connectivity index (χ4v) is 3.39. The van der Waals surface area contributed by atoms with Crippen LogP contribution in [-0.2, 0) is 7.05 Å². The van der Waals surface area contributed by atoms with Crippen LogP contribution in [0.4, 0.5) is 5.69 Å². The third kappa shape index (κ3) is 3.52. The Morgan fingerprint density at radius 1 is 1.21 bits per heavy atom. The Morgan fingerprint density at radius 3 is 2.79 bits per heavy atom. The van der Waals surface area contributed by atoms with Gasteiger partial charge in [-0.2, -0.15) is 5.10 Å². The summed E-state index contributed by atoms with van der Waals surface area (Å²) in [4.78, 5) is 21.9. The van der Waals surface area contributed by atoms with Crippen molar-refractivity contribution in [1.29, 1.82) is 0 Å². The highest BCUT2D eigenvalue weighted by Gasteiger charge is 2.20. The van der Waals surface area contributed by atoms with Crippen LogP contribution in [0.5, 0.6) is 5.75 Å². The molecule has 1 aromatic carbocycles. The molecule has 0 aliphatic rings. The van der Waals surface area contributed by atoms with Gasteiger partial charge in [0.05, 0.1) is 35.1 Å². The monoisotopic (exact) mass is 407 g/mol. The van der Waals surface area contributed by atoms with Gasteiger partial charge in [-0.05, 0) is 37.3 Å². The Balaban J connectivity index is 1.87. The standard InChI is InChI=1S/C21H18ClN5O2/c1-12-18-15(21(28)25-16-8-5-9-23-19(16)22)11-17(24-20(18)27(2)26-12)13-6-4-7-14(10-13)29-3/h4-11H,1-3H3,(H,25,28). The number of carbonyl (C=O) groups is 1. The molecule has 0 aliphatic heterocycles. The molecule has 0 unspecified atom stereocenters. The lowest BCUT2D eigenvalue weighted by Crippen LogP contribution is -2.14. The fraction of sp³-hybridized carbons (Fsp3) is 0.143. The third-order valence-corrected chi connectivity index (χ3v) is 4.89. The molecule has 7 nitrogen and oxygen atoms in total. The van der Waals surface area contributed by atoms with Crippen molar-refractivity contribution < 1.29 is 9.53 Å². The number of fused-ring (bicyclic) bond motifs is 1. The molecule has 0 spiro atoms. The summed E-state index contributed by atoms with van der Waals surface area (Å²) in [5, 5.41) is 8.19. The maximum Gasteiger partial charge on any atom is 0.256 e. The molecule has 0 saturated carbocycles. The molecule has 0 bridgehead atoms. The Hall–Kier alpha value is -3.45. The van der Waals surface area contributed by atoms with E-state index in [0.717, 1.165) is 11.3 Å². The van der Waals surface area contributed by atoms with Gasteiger partial charge in [-0.15, -0.1) is 0 Å². The second-order valence-corrected chi connectivity index (χ2v) is 6.85. The molecule has 3 aromatic heterocycles. The van der Waals surface area contributed by atoms with E-state index in [1.165, 1.54) is 0 Å². The van der Waals surface area contributed by atoms with Crippen LogP contribution < -0.4 is 10.1 Å². The van der Waals surface area contributed by atoms with Crippen LogP contribution in [0, 0.1) is 6.92 Å². The number of aromatic nitrogens is 4. The SMILES string of the molecule is COc1cccc(-c2cc(C(=O)Nc3cccnc3Cl)c3c(C)nn(C)c3n2)c1. The predicted molar refractivity (Wildman–Crippen MR) is 112 cm³/mol. The summed E-state index contributed by atoms with van der Waals surface area (Å²) < 4.78 is 6.98. The molecular formula is C21H18ClN5O2. The van der Waals surface area contributed by atoms with E-state index in [1.807, 2.05) is 31.2 Å². The van der Waals surface area contributed by atoms with Crippen LogP contribution in [0.25, 0.3) is 22.3 Å². The molecule has 1 N–H and O–H groups in total. The molecule has 0 saturated heterocycles. The van der Waals surface area contributed by atoms with Gasteiger partial charge in [-0.3, -0.25) is 9.48 Å². The minimum absolute atomic E-state index is 0.224. The number of nitrogens with one attached hydrogen (secondary N) is 1. The zero-order chi connectivity index (χ0) is 20.5. The van der Waals surface area contributed by atoms with Crippen molar-refractivity contribution in [2.45, 2.75) is 6.92 Å². The van der Waals surface area contributed by atoms with Crippen molar-refractivity contribution in [3.63, 3.8) is 0 Å². The van der Waals surface area contributed by atoms with Gasteiger partial charge in [0.1, 0.15) is 5.75 Å². The highest BCUT2D eigenvalue weighted by Crippen LogP contribution is 2.29. The first-order chi connectivity index (χ1) is 14.0. The molecule has 0 fully saturated rings. The van der Waals surface area contributed by atoms with E-state index in [2.05, 4.69) is 15.4 Å². The average Bonchev–Trinajstić information content (AvgIpc) is 3.02. The molecule has 1 amide bonds. The minimum atomic E-state index is -0.312. The molecule has 4 rings (SSSR count). The predicted octanol–water partition coefficient (Wildman–Crippen LogP) is 4.25. The Kier molecular flexibility index (Phi) is 4.90. The van der Waals surface area contributed by atoms with Crippen molar-refractivity contribution in [2.75, 3.05) is 12.4 Å². The first-order valence-electron chi connectivity index (χ1n) is 8.88. The number of hydrogen-bond donors (Lipinski definition) is 1. The lowest BCUT2D eigenvalue weighted by molar-refractivity contribution is 0.102. The number of halogens is 1. The van der Waals surface area contributed by atoms with Crippen molar-refractivity contribution in [2.24, 2.45) is 7.05 Å². The van der Waals surface area contributed by atoms with Crippen molar-refractivity contribution in [3.8, 4) is 17.0 Å². The molecule has 29 heavy (non-hydrogen) atoms. The molecule has 4 aromatic rings. The van der Waals surface area contributed by atoms with Gasteiger partial charge in [0.15, 0.2) is 10.8 Å². The van der Waals surface area contributed by atoms with Crippen molar-refractivity contribution in [3.05, 3.63) is 65.1 Å². The van der Waals surface area contributed by atoms with E-state index in [9.17, 15) is 4.79 Å². The van der Waals surface area contributed by atoms with Gasteiger partial charge in [-0.25, -0.2) is 9.97 Å². The number of anilines is 1. The second kappa shape index (κ2) is 7.52. The number of carbonyl (C=O) groups excluding carboxylic acids is 1. The van der Waals surface area contributed by atoms with Crippen LogP contribution in [0.2, 0.25) is 5.15 Å². The first-order valence-corrected chi connectivity index (χ1v) is 9.26. The number of pyridine rings is 2. The molecule has 8 heteroatoms. The topological polar surface area (TPSA) is 81.9 Å². The highest BCUT2D eigenvalue weighted by molar-refractivity contribution is 6.32. The number of methoxy groups -OCH3 is 1. The van der Waals surface area contributed by atoms with E-state index >= 15 is 0 Å².